The molecule has 0 aromatic rings. The average molecular weight is 256 g/mol. The van der Waals surface area contributed by atoms with Gasteiger partial charge in [-0.2, -0.15) is 0 Å². The first-order chi connectivity index (χ1) is 8.36. The molecule has 0 spiro atoms. The van der Waals surface area contributed by atoms with Gasteiger partial charge in [0.1, 0.15) is 0 Å². The second-order valence-electron chi connectivity index (χ2n) is 4.85. The predicted molar refractivity (Wildman–Crippen MR) is 64.7 cm³/mol. The number of carbonyl (C=O) groups excluding carboxylic acids is 1. The summed E-state index contributed by atoms with van der Waals surface area (Å²) in [4.78, 5) is 22.7. The quantitative estimate of drug-likeness (QED) is 0.446. The van der Waals surface area contributed by atoms with Crippen LogP contribution >= 0.6 is 0 Å². The van der Waals surface area contributed by atoms with Crippen LogP contribution in [-0.4, -0.2) is 30.3 Å². The number of ether oxygens (including phenoxy) is 2. The average Bonchev–Trinajstić information content (AvgIpc) is 2.80. The first kappa shape index (κ1) is 14.5. The molecule has 0 aromatic heterocycles. The summed E-state index contributed by atoms with van der Waals surface area (Å²) in [5, 5.41) is 9.06. The van der Waals surface area contributed by atoms with E-state index in [9.17, 15) is 9.59 Å². The van der Waals surface area contributed by atoms with Crippen molar-refractivity contribution in [2.75, 3.05) is 13.2 Å². The maximum absolute atomic E-state index is 11.6. The van der Waals surface area contributed by atoms with E-state index in [0.717, 1.165) is 0 Å². The fraction of sp³-hybridized carbons (Fsp3) is 0.692. The van der Waals surface area contributed by atoms with Gasteiger partial charge in [-0.1, -0.05) is 13.8 Å². The van der Waals surface area contributed by atoms with Crippen molar-refractivity contribution in [2.24, 2.45) is 17.3 Å². The molecule has 1 saturated carbocycles. The van der Waals surface area contributed by atoms with E-state index in [0.29, 0.717) is 6.61 Å². The van der Waals surface area contributed by atoms with Crippen LogP contribution in [0.2, 0.25) is 0 Å². The molecule has 0 unspecified atom stereocenters. The lowest BCUT2D eigenvalue weighted by Gasteiger charge is -2.07. The third-order valence-corrected chi connectivity index (χ3v) is 3.28. The van der Waals surface area contributed by atoms with Crippen LogP contribution in [-0.2, 0) is 19.1 Å². The van der Waals surface area contributed by atoms with Gasteiger partial charge in [0.15, 0.2) is 0 Å². The van der Waals surface area contributed by atoms with Crippen LogP contribution in [0.25, 0.3) is 0 Å². The van der Waals surface area contributed by atoms with E-state index < -0.39 is 17.9 Å². The summed E-state index contributed by atoms with van der Waals surface area (Å²) in [7, 11) is 0. The van der Waals surface area contributed by atoms with Crippen molar-refractivity contribution in [3.8, 4) is 0 Å². The molecule has 102 valence electrons. The summed E-state index contributed by atoms with van der Waals surface area (Å²) in [5.41, 5.74) is -0.347. The fourth-order valence-corrected chi connectivity index (χ4v) is 2.16. The van der Waals surface area contributed by atoms with E-state index in [1.165, 1.54) is 0 Å². The van der Waals surface area contributed by atoms with Crippen molar-refractivity contribution in [2.45, 2.75) is 27.7 Å². The molecule has 0 aliphatic heterocycles. The minimum atomic E-state index is -0.846. The highest BCUT2D eigenvalue weighted by Gasteiger charge is 2.61. The van der Waals surface area contributed by atoms with Crippen LogP contribution in [0.4, 0.5) is 0 Å². The van der Waals surface area contributed by atoms with Crippen LogP contribution in [0, 0.1) is 17.3 Å². The molecule has 5 nitrogen and oxygen atoms in total. The zero-order chi connectivity index (χ0) is 13.9. The summed E-state index contributed by atoms with van der Waals surface area (Å²) in [5.74, 6) is -1.93. The lowest BCUT2D eigenvalue weighted by molar-refractivity contribution is -0.143. The van der Waals surface area contributed by atoms with Crippen molar-refractivity contribution >= 4 is 11.9 Å². The van der Waals surface area contributed by atoms with Gasteiger partial charge in [-0.05, 0) is 25.3 Å². The zero-order valence-electron chi connectivity index (χ0n) is 11.2. The number of hydrogen-bond acceptors (Lipinski definition) is 4. The number of allylic oxidation sites excluding steroid dienone is 1. The van der Waals surface area contributed by atoms with E-state index in [4.69, 9.17) is 14.6 Å². The molecule has 5 heteroatoms. The number of carboxylic acid groups (broad SMARTS) is 1. The summed E-state index contributed by atoms with van der Waals surface area (Å²) in [6.07, 6.45) is 1.58. The van der Waals surface area contributed by atoms with E-state index in [2.05, 4.69) is 0 Å². The van der Waals surface area contributed by atoms with E-state index in [1.54, 1.807) is 19.9 Å². The van der Waals surface area contributed by atoms with Crippen LogP contribution in [0.5, 0.6) is 0 Å². The molecule has 1 fully saturated rings. The lowest BCUT2D eigenvalue weighted by Crippen LogP contribution is -2.11. The number of aliphatic carboxylic acids is 1. The Kier molecular flexibility index (Phi) is 4.38. The Balaban J connectivity index is 2.84. The Hall–Kier alpha value is -1.52. The van der Waals surface area contributed by atoms with Gasteiger partial charge in [0, 0.05) is 5.92 Å². The van der Waals surface area contributed by atoms with Crippen molar-refractivity contribution in [1.82, 2.24) is 0 Å². The Morgan fingerprint density at radius 3 is 2.17 bits per heavy atom. The van der Waals surface area contributed by atoms with Gasteiger partial charge in [0.05, 0.1) is 19.1 Å². The maximum atomic E-state index is 11.6. The minimum Gasteiger partial charge on any atom is -0.487 e. The van der Waals surface area contributed by atoms with E-state index >= 15 is 0 Å². The highest BCUT2D eigenvalue weighted by atomic mass is 16.6. The minimum absolute atomic E-state index is 0.112. The van der Waals surface area contributed by atoms with Gasteiger partial charge in [-0.3, -0.25) is 4.79 Å². The molecule has 1 N–H and O–H groups in total. The van der Waals surface area contributed by atoms with Crippen molar-refractivity contribution in [3.05, 3.63) is 11.8 Å². The smallest absolute Gasteiger partial charge is 0.373 e. The molecule has 0 saturated heterocycles. The van der Waals surface area contributed by atoms with Gasteiger partial charge in [-0.25, -0.2) is 4.79 Å². The Morgan fingerprint density at radius 2 is 1.78 bits per heavy atom. The van der Waals surface area contributed by atoms with Gasteiger partial charge in [0.2, 0.25) is 5.76 Å². The molecule has 0 aromatic carbocycles. The van der Waals surface area contributed by atoms with Gasteiger partial charge in [-0.15, -0.1) is 0 Å². The fourth-order valence-electron chi connectivity index (χ4n) is 2.16. The maximum Gasteiger partial charge on any atom is 0.373 e. The van der Waals surface area contributed by atoms with Gasteiger partial charge < -0.3 is 14.6 Å². The summed E-state index contributed by atoms with van der Waals surface area (Å²) < 4.78 is 10.1. The molecule has 2 atom stereocenters. The second kappa shape index (κ2) is 5.42. The topological polar surface area (TPSA) is 72.8 Å². The monoisotopic (exact) mass is 256 g/mol. The normalized spacial score (nSPS) is 25.4. The molecule has 0 bridgehead atoms. The number of esters is 1. The van der Waals surface area contributed by atoms with Crippen molar-refractivity contribution in [1.29, 1.82) is 0 Å². The second-order valence-corrected chi connectivity index (χ2v) is 4.85. The first-order valence-electron chi connectivity index (χ1n) is 6.10. The van der Waals surface area contributed by atoms with Crippen molar-refractivity contribution < 1.29 is 24.2 Å². The number of hydrogen-bond donors (Lipinski definition) is 1. The number of carboxylic acids is 1. The molecular weight excluding hydrogens is 236 g/mol. The lowest BCUT2D eigenvalue weighted by atomic mass is 10.1. The Bertz CT molecular complexity index is 370. The third-order valence-electron chi connectivity index (χ3n) is 3.28. The van der Waals surface area contributed by atoms with Crippen LogP contribution in [0.1, 0.15) is 27.7 Å². The zero-order valence-corrected chi connectivity index (χ0v) is 11.2. The van der Waals surface area contributed by atoms with Crippen LogP contribution in [0.3, 0.4) is 0 Å². The first-order valence-corrected chi connectivity index (χ1v) is 6.10. The van der Waals surface area contributed by atoms with Crippen LogP contribution < -0.4 is 0 Å². The molecule has 1 rings (SSSR count). The number of rotatable bonds is 6. The molecule has 18 heavy (non-hydrogen) atoms. The highest BCUT2D eigenvalue weighted by molar-refractivity contribution is 5.87. The Morgan fingerprint density at radius 1 is 1.22 bits per heavy atom. The molecule has 0 radical (unpaired) electrons. The van der Waals surface area contributed by atoms with Gasteiger partial charge >= 0.3 is 11.9 Å². The molecule has 0 amide bonds. The number of carbonyl (C=O) groups is 2. The molecule has 1 aliphatic rings. The molecule has 1 aliphatic carbocycles. The molecule has 0 heterocycles. The van der Waals surface area contributed by atoms with Crippen molar-refractivity contribution in [3.63, 3.8) is 0 Å². The summed E-state index contributed by atoms with van der Waals surface area (Å²) in [6.45, 7) is 7.81. The summed E-state index contributed by atoms with van der Waals surface area (Å²) >= 11 is 0. The Labute approximate surface area is 107 Å². The van der Waals surface area contributed by atoms with E-state index in [-0.39, 0.29) is 23.7 Å². The summed E-state index contributed by atoms with van der Waals surface area (Å²) in [6, 6.07) is 0. The SMILES string of the molecule is CCOC(=O)C(=C[C@@H]1[C@@H](C(=O)O)C1(C)C)OCC. The highest BCUT2D eigenvalue weighted by Crippen LogP contribution is 2.59. The van der Waals surface area contributed by atoms with E-state index in [1.807, 2.05) is 13.8 Å². The van der Waals surface area contributed by atoms with Crippen LogP contribution in [0.15, 0.2) is 11.8 Å². The standard InChI is InChI=1S/C13H20O5/c1-5-17-9(12(16)18-6-2)7-8-10(11(14)15)13(8,3)4/h7-8,10H,5-6H2,1-4H3,(H,14,15)/t8-,10+/m1/s1. The third kappa shape index (κ3) is 2.83. The van der Waals surface area contributed by atoms with Gasteiger partial charge in [0.25, 0.3) is 0 Å². The largest absolute Gasteiger partial charge is 0.487 e. The molecular formula is C13H20O5. The predicted octanol–water partition coefficient (Wildman–Crippen LogP) is 1.83.